The molecule has 15 heteroatoms. The minimum Gasteiger partial charge on any atom is -0.453 e. The maximum absolute atomic E-state index is 12.1. The normalized spacial score (nSPS) is 17.2. The third kappa shape index (κ3) is 5.27. The molecule has 3 heterocycles. The smallest absolute Gasteiger partial charge is 0.407 e. The number of aliphatic hydroxyl groups is 1. The van der Waals surface area contributed by atoms with Gasteiger partial charge in [0.25, 0.3) is 0 Å². The van der Waals surface area contributed by atoms with E-state index in [-0.39, 0.29) is 34.5 Å². The minimum absolute atomic E-state index is 0.0911. The van der Waals surface area contributed by atoms with Crippen LogP contribution in [0.4, 0.5) is 27.9 Å². The van der Waals surface area contributed by atoms with E-state index in [1.807, 2.05) is 13.0 Å². The van der Waals surface area contributed by atoms with Crippen molar-refractivity contribution >= 4 is 52.4 Å². The van der Waals surface area contributed by atoms with Gasteiger partial charge in [0.15, 0.2) is 17.2 Å². The zero-order valence-electron chi connectivity index (χ0n) is 20.0. The van der Waals surface area contributed by atoms with Crippen LogP contribution >= 0.6 is 11.6 Å². The van der Waals surface area contributed by atoms with Gasteiger partial charge in [-0.15, -0.1) is 5.10 Å². The van der Waals surface area contributed by atoms with Crippen LogP contribution in [0.1, 0.15) is 29.4 Å². The van der Waals surface area contributed by atoms with Crippen LogP contribution in [0.25, 0.3) is 5.65 Å². The monoisotopic (exact) mass is 528 g/mol. The number of halogens is 1. The van der Waals surface area contributed by atoms with Crippen molar-refractivity contribution in [2.75, 3.05) is 42.3 Å². The fraction of sp³-hybridized carbons (Fsp3) is 0.364. The average Bonchev–Trinajstić information content (AvgIpc) is 3.29. The molecule has 1 aromatic carbocycles. The highest BCUT2D eigenvalue weighted by atomic mass is 35.5. The van der Waals surface area contributed by atoms with Gasteiger partial charge in [0.2, 0.25) is 11.9 Å². The zero-order chi connectivity index (χ0) is 26.7. The summed E-state index contributed by atoms with van der Waals surface area (Å²) in [7, 11) is 1.25. The number of piperidine rings is 1. The summed E-state index contributed by atoms with van der Waals surface area (Å²) in [5.41, 5.74) is 7.06. The van der Waals surface area contributed by atoms with E-state index in [9.17, 15) is 20.0 Å². The van der Waals surface area contributed by atoms with Crippen molar-refractivity contribution in [3.05, 3.63) is 34.6 Å². The molecule has 14 nitrogen and oxygen atoms in total. The second-order valence-corrected chi connectivity index (χ2v) is 8.57. The fourth-order valence-electron chi connectivity index (χ4n) is 4.02. The van der Waals surface area contributed by atoms with E-state index >= 15 is 0 Å². The molecule has 0 radical (unpaired) electrons. The molecule has 4 rings (SSSR count). The third-order valence-corrected chi connectivity index (χ3v) is 6.21. The summed E-state index contributed by atoms with van der Waals surface area (Å²) in [5, 5.41) is 33.3. The van der Waals surface area contributed by atoms with Gasteiger partial charge in [-0.25, -0.2) is 9.78 Å². The lowest BCUT2D eigenvalue weighted by Gasteiger charge is -2.38. The predicted molar refractivity (Wildman–Crippen MR) is 135 cm³/mol. The van der Waals surface area contributed by atoms with E-state index in [1.165, 1.54) is 30.0 Å². The number of amides is 2. The van der Waals surface area contributed by atoms with E-state index in [0.29, 0.717) is 36.7 Å². The van der Waals surface area contributed by atoms with Crippen LogP contribution in [0.5, 0.6) is 0 Å². The van der Waals surface area contributed by atoms with Gasteiger partial charge in [-0.2, -0.15) is 14.8 Å². The molecule has 2 atom stereocenters. The zero-order valence-corrected chi connectivity index (χ0v) is 20.8. The third-order valence-electron chi connectivity index (χ3n) is 5.82. The molecule has 2 aromatic heterocycles. The van der Waals surface area contributed by atoms with Gasteiger partial charge in [0.05, 0.1) is 41.8 Å². The Bertz CT molecular complexity index is 1390. The van der Waals surface area contributed by atoms with Crippen molar-refractivity contribution in [3.8, 4) is 6.07 Å². The maximum atomic E-state index is 12.1. The molecule has 0 saturated carbocycles. The molecule has 3 aromatic rings. The summed E-state index contributed by atoms with van der Waals surface area (Å²) in [6.07, 6.45) is 0.234. The average molecular weight is 529 g/mol. The number of β-amino-alcohol motifs (C(OH)–C–C–N with tert-alkyl or cyclic N) is 1. The lowest BCUT2D eigenvalue weighted by molar-refractivity contribution is 0.0999. The Morgan fingerprint density at radius 2 is 2.19 bits per heavy atom. The molecule has 37 heavy (non-hydrogen) atoms. The number of nitrogens with two attached hydrogens (primary N) is 1. The topological polar surface area (TPSA) is 196 Å². The van der Waals surface area contributed by atoms with Gasteiger partial charge in [-0.1, -0.05) is 11.6 Å². The number of fused-ring (bicyclic) bond motifs is 1. The van der Waals surface area contributed by atoms with Crippen LogP contribution in [-0.4, -0.2) is 75.6 Å². The van der Waals surface area contributed by atoms with Crippen LogP contribution in [0.3, 0.4) is 0 Å². The van der Waals surface area contributed by atoms with Gasteiger partial charge < -0.3 is 36.4 Å². The first kappa shape index (κ1) is 25.7. The van der Waals surface area contributed by atoms with Gasteiger partial charge >= 0.3 is 6.09 Å². The van der Waals surface area contributed by atoms with Crippen molar-refractivity contribution in [2.24, 2.45) is 5.73 Å². The van der Waals surface area contributed by atoms with Crippen LogP contribution in [0, 0.1) is 11.3 Å². The number of nitrogens with one attached hydrogen (secondary N) is 3. The number of nitrogens with zero attached hydrogens (tertiary/aromatic N) is 6. The van der Waals surface area contributed by atoms with Crippen LogP contribution in [0.15, 0.2) is 18.3 Å². The maximum Gasteiger partial charge on any atom is 0.407 e. The highest BCUT2D eigenvalue weighted by Gasteiger charge is 2.31. The fourth-order valence-corrected chi connectivity index (χ4v) is 4.29. The largest absolute Gasteiger partial charge is 0.453 e. The molecule has 0 aliphatic carbocycles. The molecule has 0 spiro atoms. The Morgan fingerprint density at radius 3 is 2.84 bits per heavy atom. The van der Waals surface area contributed by atoms with Gasteiger partial charge in [0, 0.05) is 25.2 Å². The molecule has 2 amide bonds. The number of benzene rings is 1. The number of ether oxygens (including phenoxy) is 1. The number of hydrogen-bond acceptors (Lipinski definition) is 11. The number of aliphatic hydroxyl groups excluding tert-OH is 1. The molecular weight excluding hydrogens is 504 g/mol. The number of anilines is 4. The molecule has 0 bridgehead atoms. The summed E-state index contributed by atoms with van der Waals surface area (Å²) in [6, 6.07) is 4.52. The minimum atomic E-state index is -0.920. The molecule has 1 aliphatic heterocycles. The molecule has 6 N–H and O–H groups in total. The Morgan fingerprint density at radius 1 is 1.41 bits per heavy atom. The number of alkyl carbamates (subject to hydrolysis) is 1. The molecule has 0 unspecified atom stereocenters. The summed E-state index contributed by atoms with van der Waals surface area (Å²) in [4.78, 5) is 34.1. The SMILES string of the molecule is CCNc1nc(Nc2cc(C(N)=O)cc(N3CC[C@@H](NC(=O)OC)[C@H](O)C3)c2Cl)nn2c(C#N)cnc12. The van der Waals surface area contributed by atoms with E-state index in [4.69, 9.17) is 17.3 Å². The Kier molecular flexibility index (Phi) is 7.46. The summed E-state index contributed by atoms with van der Waals surface area (Å²) >= 11 is 6.75. The highest BCUT2D eigenvalue weighted by molar-refractivity contribution is 6.36. The number of aromatic nitrogens is 4. The van der Waals surface area contributed by atoms with E-state index in [1.54, 1.807) is 4.90 Å². The second kappa shape index (κ2) is 10.7. The van der Waals surface area contributed by atoms with Crippen molar-refractivity contribution in [2.45, 2.75) is 25.5 Å². The Balaban J connectivity index is 1.69. The number of rotatable bonds is 7. The molecule has 1 saturated heterocycles. The number of hydrogen-bond donors (Lipinski definition) is 5. The Hall–Kier alpha value is -4.35. The van der Waals surface area contributed by atoms with Gasteiger partial charge in [-0.05, 0) is 25.5 Å². The van der Waals surface area contributed by atoms with E-state index in [0.717, 1.165) is 0 Å². The summed E-state index contributed by atoms with van der Waals surface area (Å²) in [5.74, 6) is -0.199. The first-order chi connectivity index (χ1) is 17.7. The number of carbonyl (C=O) groups excluding carboxylic acids is 2. The number of carbonyl (C=O) groups is 2. The van der Waals surface area contributed by atoms with Gasteiger partial charge in [-0.3, -0.25) is 4.79 Å². The Labute approximate surface area is 216 Å². The van der Waals surface area contributed by atoms with Crippen molar-refractivity contribution in [3.63, 3.8) is 0 Å². The van der Waals surface area contributed by atoms with Crippen LogP contribution in [0.2, 0.25) is 5.02 Å². The van der Waals surface area contributed by atoms with Crippen LogP contribution < -0.4 is 26.6 Å². The summed E-state index contributed by atoms with van der Waals surface area (Å²) < 4.78 is 5.95. The van der Waals surface area contributed by atoms with E-state index in [2.05, 4.69) is 35.8 Å². The standard InChI is InChI=1S/C22H25ClN10O4/c1-3-26-19-20-27-9-12(8-24)33(20)31-21(30-19)28-14-6-11(18(25)35)7-15(17(14)23)32-5-4-13(16(34)10-32)29-22(36)37-2/h6-7,9,13,16,34H,3-5,10H2,1-2H3,(H2,25,35)(H,29,36)(H2,26,28,30,31)/t13-,16-/m1/s1. The molecular formula is C22H25ClN10O4. The van der Waals surface area contributed by atoms with Crippen molar-refractivity contribution in [1.82, 2.24) is 24.9 Å². The summed E-state index contributed by atoms with van der Waals surface area (Å²) in [6.45, 7) is 2.98. The predicted octanol–water partition coefficient (Wildman–Crippen LogP) is 1.22. The van der Waals surface area contributed by atoms with Crippen LogP contribution in [-0.2, 0) is 4.74 Å². The number of nitriles is 1. The lowest BCUT2D eigenvalue weighted by atomic mass is 10.0. The first-order valence-corrected chi connectivity index (χ1v) is 11.7. The lowest BCUT2D eigenvalue weighted by Crippen LogP contribution is -2.54. The number of imidazole rings is 1. The van der Waals surface area contributed by atoms with Crippen molar-refractivity contribution in [1.29, 1.82) is 5.26 Å². The molecule has 1 aliphatic rings. The highest BCUT2D eigenvalue weighted by Crippen LogP contribution is 2.37. The number of methoxy groups -OCH3 is 1. The molecule has 1 fully saturated rings. The first-order valence-electron chi connectivity index (χ1n) is 11.3. The molecule has 194 valence electrons. The quantitative estimate of drug-likeness (QED) is 0.295. The second-order valence-electron chi connectivity index (χ2n) is 8.20. The van der Waals surface area contributed by atoms with E-state index < -0.39 is 24.1 Å². The number of primary amides is 1. The van der Waals surface area contributed by atoms with Gasteiger partial charge in [0.1, 0.15) is 6.07 Å². The van der Waals surface area contributed by atoms with Crippen molar-refractivity contribution < 1.29 is 19.4 Å².